The van der Waals surface area contributed by atoms with E-state index in [2.05, 4.69) is 5.10 Å². The van der Waals surface area contributed by atoms with Crippen LogP contribution in [-0.2, 0) is 12.6 Å². The van der Waals surface area contributed by atoms with Crippen molar-refractivity contribution in [2.75, 3.05) is 20.2 Å². The minimum absolute atomic E-state index is 0.0276. The van der Waals surface area contributed by atoms with Gasteiger partial charge in [-0.1, -0.05) is 12.8 Å². The van der Waals surface area contributed by atoms with E-state index in [-0.39, 0.29) is 24.2 Å². The van der Waals surface area contributed by atoms with Crippen LogP contribution < -0.4 is 4.74 Å². The normalized spacial score (nSPS) is 14.7. The molecule has 0 spiro atoms. The van der Waals surface area contributed by atoms with Crippen molar-refractivity contribution >= 4 is 5.91 Å². The van der Waals surface area contributed by atoms with Gasteiger partial charge in [0.2, 0.25) is 0 Å². The minimum Gasteiger partial charge on any atom is -0.497 e. The number of unbranched alkanes of at least 4 members (excludes halogenated alkanes) is 2. The second-order valence-corrected chi connectivity index (χ2v) is 8.45. The van der Waals surface area contributed by atoms with E-state index in [1.165, 1.54) is 7.11 Å². The molecular formula is C22H28F3N3O3. The van der Waals surface area contributed by atoms with Gasteiger partial charge in [0, 0.05) is 18.7 Å². The van der Waals surface area contributed by atoms with Gasteiger partial charge in [-0.25, -0.2) is 4.68 Å². The lowest BCUT2D eigenvalue weighted by atomic mass is 10.00. The first kappa shape index (κ1) is 23.1. The molecule has 0 fully saturated rings. The van der Waals surface area contributed by atoms with Crippen LogP contribution in [-0.4, -0.2) is 51.5 Å². The lowest BCUT2D eigenvalue weighted by Crippen LogP contribution is -2.39. The Morgan fingerprint density at radius 2 is 1.81 bits per heavy atom. The van der Waals surface area contributed by atoms with Gasteiger partial charge in [-0.2, -0.15) is 18.3 Å². The van der Waals surface area contributed by atoms with Crippen molar-refractivity contribution in [3.63, 3.8) is 0 Å². The van der Waals surface area contributed by atoms with Crippen LogP contribution in [0.1, 0.15) is 61.3 Å². The smallest absolute Gasteiger partial charge is 0.435 e. The predicted molar refractivity (Wildman–Crippen MR) is 109 cm³/mol. The van der Waals surface area contributed by atoms with Crippen LogP contribution in [0.25, 0.3) is 5.69 Å². The van der Waals surface area contributed by atoms with Gasteiger partial charge in [-0.15, -0.1) is 0 Å². The molecule has 1 aromatic heterocycles. The number of benzene rings is 1. The third-order valence-electron chi connectivity index (χ3n) is 5.41. The number of nitrogens with zero attached hydrogens (tertiary/aromatic N) is 3. The highest BCUT2D eigenvalue weighted by atomic mass is 19.4. The molecule has 0 saturated heterocycles. The third kappa shape index (κ3) is 5.39. The standard InChI is InChI=1S/C22H28F3N3O3/c1-21(2,30)12-5-4-6-13-27-14-11-17-18(20(27)29)28(26-19(17)22(23,24)25)15-7-9-16(31-3)10-8-15/h7-10,30H,4-6,11-14H2,1-3H3. The molecule has 31 heavy (non-hydrogen) atoms. The monoisotopic (exact) mass is 439 g/mol. The van der Waals surface area contributed by atoms with Crippen LogP contribution in [0.5, 0.6) is 5.75 Å². The number of fused-ring (bicyclic) bond motifs is 1. The molecule has 0 saturated carbocycles. The zero-order valence-electron chi connectivity index (χ0n) is 18.0. The number of rotatable bonds is 8. The Hall–Kier alpha value is -2.55. The number of aromatic nitrogens is 2. The largest absolute Gasteiger partial charge is 0.497 e. The summed E-state index contributed by atoms with van der Waals surface area (Å²) in [6.07, 6.45) is -1.51. The van der Waals surface area contributed by atoms with Crippen LogP contribution in [0.3, 0.4) is 0 Å². The molecule has 0 bridgehead atoms. The number of carbonyl (C=O) groups is 1. The van der Waals surface area contributed by atoms with Crippen LogP contribution in [0, 0.1) is 0 Å². The fourth-order valence-electron chi connectivity index (χ4n) is 3.79. The minimum atomic E-state index is -4.64. The molecule has 1 aromatic carbocycles. The van der Waals surface area contributed by atoms with Crippen LogP contribution in [0.15, 0.2) is 24.3 Å². The van der Waals surface area contributed by atoms with E-state index in [1.54, 1.807) is 43.0 Å². The first-order valence-corrected chi connectivity index (χ1v) is 10.4. The molecule has 1 aliphatic heterocycles. The molecule has 0 atom stereocenters. The molecule has 6 nitrogen and oxygen atoms in total. The molecule has 1 aliphatic rings. The Bertz CT molecular complexity index is 915. The zero-order valence-corrected chi connectivity index (χ0v) is 18.0. The number of alkyl halides is 3. The Labute approximate surface area is 179 Å². The molecule has 0 radical (unpaired) electrons. The van der Waals surface area contributed by atoms with E-state index in [0.717, 1.165) is 23.9 Å². The van der Waals surface area contributed by atoms with Crippen molar-refractivity contribution in [2.45, 2.75) is 57.7 Å². The highest BCUT2D eigenvalue weighted by Gasteiger charge is 2.43. The summed E-state index contributed by atoms with van der Waals surface area (Å²) < 4.78 is 47.0. The summed E-state index contributed by atoms with van der Waals surface area (Å²) in [7, 11) is 1.50. The number of hydrogen-bond acceptors (Lipinski definition) is 4. The van der Waals surface area contributed by atoms with E-state index >= 15 is 0 Å². The molecule has 0 aliphatic carbocycles. The Balaban J connectivity index is 1.83. The second kappa shape index (κ2) is 8.90. The number of amides is 1. The quantitative estimate of drug-likeness (QED) is 0.625. The molecular weight excluding hydrogens is 411 g/mol. The van der Waals surface area contributed by atoms with Crippen molar-refractivity contribution in [3.05, 3.63) is 41.2 Å². The molecule has 170 valence electrons. The van der Waals surface area contributed by atoms with Gasteiger partial charge in [0.25, 0.3) is 5.91 Å². The van der Waals surface area contributed by atoms with Gasteiger partial charge in [0.05, 0.1) is 18.4 Å². The van der Waals surface area contributed by atoms with Crippen LogP contribution in [0.4, 0.5) is 13.2 Å². The molecule has 2 aromatic rings. The van der Waals surface area contributed by atoms with Gasteiger partial charge >= 0.3 is 6.18 Å². The molecule has 2 heterocycles. The summed E-state index contributed by atoms with van der Waals surface area (Å²) in [5.41, 5.74) is -1.44. The van der Waals surface area contributed by atoms with E-state index in [0.29, 0.717) is 24.4 Å². The lowest BCUT2D eigenvalue weighted by Gasteiger charge is -2.28. The fourth-order valence-corrected chi connectivity index (χ4v) is 3.79. The first-order valence-electron chi connectivity index (χ1n) is 10.4. The predicted octanol–water partition coefficient (Wildman–Crippen LogP) is 4.23. The van der Waals surface area contributed by atoms with Crippen molar-refractivity contribution in [1.29, 1.82) is 0 Å². The Morgan fingerprint density at radius 1 is 1.13 bits per heavy atom. The van der Waals surface area contributed by atoms with E-state index in [9.17, 15) is 23.1 Å². The number of aliphatic hydroxyl groups is 1. The van der Waals surface area contributed by atoms with Gasteiger partial charge in [-0.05, 0) is 57.4 Å². The summed E-state index contributed by atoms with van der Waals surface area (Å²) in [6.45, 7) is 4.19. The SMILES string of the molecule is COc1ccc(-n2nc(C(F)(F)F)c3c2C(=O)N(CCCCCC(C)(C)O)CC3)cc1. The summed E-state index contributed by atoms with van der Waals surface area (Å²) in [4.78, 5) is 14.7. The summed E-state index contributed by atoms with van der Waals surface area (Å²) >= 11 is 0. The first-order chi connectivity index (χ1) is 14.5. The number of methoxy groups -OCH3 is 1. The number of hydrogen-bond donors (Lipinski definition) is 1. The maximum atomic E-state index is 13.6. The zero-order chi connectivity index (χ0) is 22.8. The average Bonchev–Trinajstić information content (AvgIpc) is 3.09. The molecule has 9 heteroatoms. The molecule has 3 rings (SSSR count). The van der Waals surface area contributed by atoms with E-state index in [4.69, 9.17) is 4.74 Å². The second-order valence-electron chi connectivity index (χ2n) is 8.45. The topological polar surface area (TPSA) is 67.6 Å². The van der Waals surface area contributed by atoms with Crippen molar-refractivity contribution < 1.29 is 27.8 Å². The highest BCUT2D eigenvalue weighted by Crippen LogP contribution is 2.36. The lowest BCUT2D eigenvalue weighted by molar-refractivity contribution is -0.142. The van der Waals surface area contributed by atoms with Gasteiger partial charge in [0.1, 0.15) is 11.4 Å². The summed E-state index contributed by atoms with van der Waals surface area (Å²) in [5, 5.41) is 13.6. The van der Waals surface area contributed by atoms with E-state index in [1.807, 2.05) is 0 Å². The number of ether oxygens (including phenoxy) is 1. The van der Waals surface area contributed by atoms with Crippen LogP contribution >= 0.6 is 0 Å². The maximum absolute atomic E-state index is 13.6. The average molecular weight is 439 g/mol. The molecule has 1 N–H and O–H groups in total. The fraction of sp³-hybridized carbons (Fsp3) is 0.545. The van der Waals surface area contributed by atoms with Crippen molar-refractivity contribution in [1.82, 2.24) is 14.7 Å². The molecule has 0 unspecified atom stereocenters. The third-order valence-corrected chi connectivity index (χ3v) is 5.41. The number of halogens is 3. The summed E-state index contributed by atoms with van der Waals surface area (Å²) in [5.74, 6) is 0.113. The van der Waals surface area contributed by atoms with E-state index < -0.39 is 23.4 Å². The Kier molecular flexibility index (Phi) is 6.64. The van der Waals surface area contributed by atoms with Crippen molar-refractivity contribution in [3.8, 4) is 11.4 Å². The van der Waals surface area contributed by atoms with Gasteiger partial charge < -0.3 is 14.7 Å². The number of carbonyl (C=O) groups excluding carboxylic acids is 1. The van der Waals surface area contributed by atoms with Crippen molar-refractivity contribution in [2.24, 2.45) is 0 Å². The highest BCUT2D eigenvalue weighted by molar-refractivity contribution is 5.96. The van der Waals surface area contributed by atoms with Gasteiger partial charge in [-0.3, -0.25) is 4.79 Å². The maximum Gasteiger partial charge on any atom is 0.435 e. The molecule has 1 amide bonds. The Morgan fingerprint density at radius 3 is 2.39 bits per heavy atom. The van der Waals surface area contributed by atoms with Crippen LogP contribution in [0.2, 0.25) is 0 Å². The van der Waals surface area contributed by atoms with Gasteiger partial charge in [0.15, 0.2) is 5.69 Å². The summed E-state index contributed by atoms with van der Waals surface area (Å²) in [6, 6.07) is 6.39.